The van der Waals surface area contributed by atoms with Gasteiger partial charge in [-0.2, -0.15) is 0 Å². The number of hydrogen-bond donors (Lipinski definition) is 1. The van der Waals surface area contributed by atoms with Crippen LogP contribution in [0.4, 0.5) is 0 Å². The normalized spacial score (nSPS) is 19.4. The van der Waals surface area contributed by atoms with Crippen molar-refractivity contribution in [3.05, 3.63) is 71.8 Å². The van der Waals surface area contributed by atoms with Crippen molar-refractivity contribution in [2.45, 2.75) is 71.8 Å². The summed E-state index contributed by atoms with van der Waals surface area (Å²) in [5.41, 5.74) is 1.82. The molecule has 188 valence electrons. The molecular formula is C30H39NO3S. The number of rotatable bonds is 10. The molecule has 1 heterocycles. The van der Waals surface area contributed by atoms with Gasteiger partial charge in [-0.3, -0.25) is 14.4 Å². The third kappa shape index (κ3) is 6.43. The van der Waals surface area contributed by atoms with Crippen LogP contribution >= 0.6 is 12.6 Å². The number of amides is 1. The van der Waals surface area contributed by atoms with Crippen LogP contribution in [0, 0.1) is 17.3 Å². The molecule has 0 aliphatic carbocycles. The fraction of sp³-hybridized carbons (Fsp3) is 0.500. The minimum Gasteiger partial charge on any atom is -0.325 e. The molecule has 1 amide bonds. The fourth-order valence-electron chi connectivity index (χ4n) is 5.28. The number of nitrogens with zero attached hydrogens (tertiary/aromatic N) is 1. The van der Waals surface area contributed by atoms with Crippen molar-refractivity contribution in [2.75, 3.05) is 6.54 Å². The van der Waals surface area contributed by atoms with Gasteiger partial charge in [0.15, 0.2) is 0 Å². The Kier molecular flexibility index (Phi) is 9.34. The van der Waals surface area contributed by atoms with Crippen LogP contribution in [0.25, 0.3) is 0 Å². The van der Waals surface area contributed by atoms with Crippen LogP contribution in [0.15, 0.2) is 60.7 Å². The maximum atomic E-state index is 13.3. The summed E-state index contributed by atoms with van der Waals surface area (Å²) in [6, 6.07) is 20.5. The second-order valence-corrected chi connectivity index (χ2v) is 10.9. The van der Waals surface area contributed by atoms with E-state index in [0.717, 1.165) is 19.3 Å². The lowest BCUT2D eigenvalue weighted by Gasteiger charge is -2.42. The van der Waals surface area contributed by atoms with Crippen LogP contribution in [-0.2, 0) is 14.4 Å². The SMILES string of the molecule is CCC(CC(c1ccccc1)c1ccccc1)C1CCC(C(=O)S)N(C(=O)C(=O)C(C)(C)CC)C1. The number of ketones is 1. The summed E-state index contributed by atoms with van der Waals surface area (Å²) in [6.45, 7) is 8.13. The Balaban J connectivity index is 1.87. The molecule has 4 nitrogen and oxygen atoms in total. The molecule has 0 radical (unpaired) electrons. The van der Waals surface area contributed by atoms with Crippen molar-refractivity contribution < 1.29 is 14.4 Å². The van der Waals surface area contributed by atoms with Crippen molar-refractivity contribution in [3.63, 3.8) is 0 Å². The molecule has 0 aromatic heterocycles. The first-order valence-electron chi connectivity index (χ1n) is 12.9. The molecule has 1 fully saturated rings. The largest absolute Gasteiger partial charge is 0.325 e. The summed E-state index contributed by atoms with van der Waals surface area (Å²) < 4.78 is 0. The number of carbonyl (C=O) groups is 3. The maximum absolute atomic E-state index is 13.3. The van der Waals surface area contributed by atoms with Crippen molar-refractivity contribution in [3.8, 4) is 0 Å². The Bertz CT molecular complexity index is 965. The third-order valence-corrected chi connectivity index (χ3v) is 8.29. The zero-order valence-corrected chi connectivity index (χ0v) is 22.3. The summed E-state index contributed by atoms with van der Waals surface area (Å²) in [7, 11) is 0. The number of thiol groups is 1. The first kappa shape index (κ1) is 27.2. The van der Waals surface area contributed by atoms with Gasteiger partial charge in [-0.25, -0.2) is 0 Å². The van der Waals surface area contributed by atoms with E-state index >= 15 is 0 Å². The van der Waals surface area contributed by atoms with E-state index in [4.69, 9.17) is 0 Å². The maximum Gasteiger partial charge on any atom is 0.291 e. The van der Waals surface area contributed by atoms with Gasteiger partial charge in [-0.1, -0.05) is 94.8 Å². The lowest BCUT2D eigenvalue weighted by Crippen LogP contribution is -2.54. The van der Waals surface area contributed by atoms with Crippen LogP contribution in [0.2, 0.25) is 0 Å². The standard InChI is InChI=1S/C30H39NO3S/c1-5-21(19-25(22-13-9-7-10-14-22)23-15-11-8-12-16-23)24-17-18-26(29(34)35)31(20-24)28(33)27(32)30(3,4)6-2/h7-16,21,24-26H,5-6,17-20H2,1-4H3,(H,34,35). The minimum atomic E-state index is -0.746. The molecule has 1 saturated heterocycles. The van der Waals surface area contributed by atoms with Crippen molar-refractivity contribution in [2.24, 2.45) is 17.3 Å². The lowest BCUT2D eigenvalue weighted by molar-refractivity contribution is -0.153. The molecule has 2 aromatic carbocycles. The number of likely N-dealkylation sites (tertiary alicyclic amines) is 1. The van der Waals surface area contributed by atoms with Gasteiger partial charge in [0.05, 0.1) is 0 Å². The highest BCUT2D eigenvalue weighted by atomic mass is 32.1. The minimum absolute atomic E-state index is 0.223. The third-order valence-electron chi connectivity index (χ3n) is 7.99. The average Bonchev–Trinajstić information content (AvgIpc) is 2.89. The van der Waals surface area contributed by atoms with Crippen molar-refractivity contribution >= 4 is 29.4 Å². The smallest absolute Gasteiger partial charge is 0.291 e. The molecule has 0 saturated carbocycles. The Morgan fingerprint density at radius 1 is 0.943 bits per heavy atom. The van der Waals surface area contributed by atoms with Gasteiger partial charge in [-0.15, -0.1) is 12.6 Å². The highest BCUT2D eigenvalue weighted by molar-refractivity contribution is 7.96. The van der Waals surface area contributed by atoms with Gasteiger partial charge < -0.3 is 4.90 Å². The van der Waals surface area contributed by atoms with Crippen LogP contribution in [0.3, 0.4) is 0 Å². The Labute approximate surface area is 215 Å². The Morgan fingerprint density at radius 3 is 1.94 bits per heavy atom. The van der Waals surface area contributed by atoms with Gasteiger partial charge in [0.2, 0.25) is 10.9 Å². The van der Waals surface area contributed by atoms with Crippen LogP contribution < -0.4 is 0 Å². The summed E-state index contributed by atoms with van der Waals surface area (Å²) in [6.07, 6.45) is 3.89. The lowest BCUT2D eigenvalue weighted by atomic mass is 9.74. The van der Waals surface area contributed by atoms with E-state index in [-0.39, 0.29) is 17.0 Å². The molecule has 3 rings (SSSR count). The quantitative estimate of drug-likeness (QED) is 0.312. The highest BCUT2D eigenvalue weighted by Crippen LogP contribution is 2.39. The van der Waals surface area contributed by atoms with Crippen molar-refractivity contribution in [1.82, 2.24) is 4.90 Å². The Morgan fingerprint density at radius 2 is 1.49 bits per heavy atom. The molecule has 35 heavy (non-hydrogen) atoms. The van der Waals surface area contributed by atoms with Gasteiger partial charge in [0, 0.05) is 17.9 Å². The predicted molar refractivity (Wildman–Crippen MR) is 144 cm³/mol. The second kappa shape index (κ2) is 12.0. The number of Topliss-reactive ketones (excluding diaryl/α,β-unsaturated/α-hetero) is 1. The number of carbonyl (C=O) groups excluding carboxylic acids is 3. The molecule has 1 aliphatic heterocycles. The van der Waals surface area contributed by atoms with E-state index in [0.29, 0.717) is 25.3 Å². The molecule has 0 N–H and O–H groups in total. The van der Waals surface area contributed by atoms with Crippen LogP contribution in [0.5, 0.6) is 0 Å². The molecule has 0 spiro atoms. The summed E-state index contributed by atoms with van der Waals surface area (Å²) >= 11 is 4.07. The molecular weight excluding hydrogens is 454 g/mol. The molecule has 3 atom stereocenters. The summed E-state index contributed by atoms with van der Waals surface area (Å²) in [4.78, 5) is 40.2. The zero-order valence-electron chi connectivity index (χ0n) is 21.4. The van der Waals surface area contributed by atoms with E-state index in [1.807, 2.05) is 19.1 Å². The topological polar surface area (TPSA) is 54.5 Å². The van der Waals surface area contributed by atoms with Crippen LogP contribution in [0.1, 0.15) is 76.8 Å². The molecule has 1 aliphatic rings. The van der Waals surface area contributed by atoms with E-state index < -0.39 is 23.1 Å². The molecule has 2 aromatic rings. The van der Waals surface area contributed by atoms with E-state index in [1.54, 1.807) is 13.8 Å². The number of hydrogen-bond acceptors (Lipinski definition) is 3. The fourth-order valence-corrected chi connectivity index (χ4v) is 5.54. The summed E-state index contributed by atoms with van der Waals surface area (Å²) in [5.74, 6) is -0.135. The first-order valence-corrected chi connectivity index (χ1v) is 13.3. The molecule has 5 heteroatoms. The van der Waals surface area contributed by atoms with Crippen molar-refractivity contribution in [1.29, 1.82) is 0 Å². The van der Waals surface area contributed by atoms with E-state index in [9.17, 15) is 14.4 Å². The second-order valence-electron chi connectivity index (χ2n) is 10.5. The van der Waals surface area contributed by atoms with Gasteiger partial charge in [0.25, 0.3) is 5.91 Å². The molecule has 3 unspecified atom stereocenters. The van der Waals surface area contributed by atoms with E-state index in [2.05, 4.69) is 68.1 Å². The Hall–Kier alpha value is -2.40. The highest BCUT2D eigenvalue weighted by Gasteiger charge is 2.42. The monoisotopic (exact) mass is 493 g/mol. The predicted octanol–water partition coefficient (Wildman–Crippen LogP) is 6.30. The van der Waals surface area contributed by atoms with Gasteiger partial charge in [-0.05, 0) is 48.6 Å². The van der Waals surface area contributed by atoms with Crippen LogP contribution in [-0.4, -0.2) is 34.3 Å². The first-order chi connectivity index (χ1) is 16.7. The average molecular weight is 494 g/mol. The van der Waals surface area contributed by atoms with Gasteiger partial charge >= 0.3 is 0 Å². The molecule has 0 bridgehead atoms. The summed E-state index contributed by atoms with van der Waals surface area (Å²) in [5, 5.41) is -0.335. The number of piperidine rings is 1. The van der Waals surface area contributed by atoms with E-state index in [1.165, 1.54) is 16.0 Å². The zero-order chi connectivity index (χ0) is 25.6. The van der Waals surface area contributed by atoms with Gasteiger partial charge in [0.1, 0.15) is 6.04 Å². The number of benzene rings is 2.